The summed E-state index contributed by atoms with van der Waals surface area (Å²) in [5.74, 6) is -0.496. The molecule has 82 valence electrons. The van der Waals surface area contributed by atoms with Gasteiger partial charge in [0.25, 0.3) is 0 Å². The number of hydrogen-bond donors (Lipinski definition) is 2. The Morgan fingerprint density at radius 1 is 1.60 bits per heavy atom. The normalized spacial score (nSPS) is 17.9. The molecule has 5 heteroatoms. The molecule has 0 amide bonds. The van der Waals surface area contributed by atoms with Gasteiger partial charge in [-0.15, -0.1) is 0 Å². The molecule has 1 unspecified atom stereocenters. The van der Waals surface area contributed by atoms with E-state index in [0.29, 0.717) is 0 Å². The highest BCUT2D eigenvalue weighted by molar-refractivity contribution is 9.10. The molecule has 1 atom stereocenters. The maximum absolute atomic E-state index is 13.7. The van der Waals surface area contributed by atoms with E-state index in [-0.39, 0.29) is 26.7 Å². The van der Waals surface area contributed by atoms with Gasteiger partial charge < -0.3 is 10.8 Å². The van der Waals surface area contributed by atoms with Gasteiger partial charge in [-0.1, -0.05) is 11.6 Å². The Morgan fingerprint density at radius 2 is 2.20 bits per heavy atom. The molecule has 2 nitrogen and oxygen atoms in total. The quantitative estimate of drug-likeness (QED) is 0.822. The van der Waals surface area contributed by atoms with Crippen LogP contribution in [0.15, 0.2) is 10.5 Å². The highest BCUT2D eigenvalue weighted by atomic mass is 79.9. The molecule has 1 aliphatic carbocycles. The third kappa shape index (κ3) is 1.98. The second-order valence-corrected chi connectivity index (χ2v) is 5.04. The van der Waals surface area contributed by atoms with Crippen molar-refractivity contribution in [1.29, 1.82) is 0 Å². The molecule has 0 saturated heterocycles. The molecule has 1 fully saturated rings. The number of hydrogen-bond acceptors (Lipinski definition) is 2. The number of benzene rings is 1. The van der Waals surface area contributed by atoms with Crippen LogP contribution in [0.4, 0.5) is 4.39 Å². The molecule has 0 radical (unpaired) electrons. The first-order valence-corrected chi connectivity index (χ1v) is 5.81. The molecular weight excluding hydrogens is 284 g/mol. The maximum Gasteiger partial charge on any atom is 0.145 e. The van der Waals surface area contributed by atoms with Crippen LogP contribution in [0.5, 0.6) is 5.75 Å². The number of phenolic OH excluding ortho intramolecular Hbond substituents is 1. The van der Waals surface area contributed by atoms with Crippen molar-refractivity contribution < 1.29 is 9.50 Å². The predicted octanol–water partition coefficient (Wildman–Crippen LogP) is 3.36. The zero-order chi connectivity index (χ0) is 11.2. The van der Waals surface area contributed by atoms with Gasteiger partial charge in [0.05, 0.1) is 9.50 Å². The number of rotatable bonds is 2. The summed E-state index contributed by atoms with van der Waals surface area (Å²) in [4.78, 5) is 0. The zero-order valence-corrected chi connectivity index (χ0v) is 10.1. The van der Waals surface area contributed by atoms with Gasteiger partial charge in [0.1, 0.15) is 11.6 Å². The van der Waals surface area contributed by atoms with Gasteiger partial charge >= 0.3 is 0 Å². The van der Waals surface area contributed by atoms with Crippen molar-refractivity contribution in [3.8, 4) is 5.75 Å². The van der Waals surface area contributed by atoms with Gasteiger partial charge in [0.2, 0.25) is 0 Å². The fourth-order valence-corrected chi connectivity index (χ4v) is 2.38. The summed E-state index contributed by atoms with van der Waals surface area (Å²) in [5.41, 5.74) is 5.98. The zero-order valence-electron chi connectivity index (χ0n) is 7.80. The van der Waals surface area contributed by atoms with Gasteiger partial charge in [-0.2, -0.15) is 0 Å². The molecule has 0 spiro atoms. The highest BCUT2D eigenvalue weighted by Gasteiger charge is 2.34. The van der Waals surface area contributed by atoms with Gasteiger partial charge in [-0.25, -0.2) is 4.39 Å². The van der Waals surface area contributed by atoms with Crippen LogP contribution in [0, 0.1) is 11.7 Å². The van der Waals surface area contributed by atoms with Crippen LogP contribution in [0.25, 0.3) is 0 Å². The lowest BCUT2D eigenvalue weighted by atomic mass is 10.0. The largest absolute Gasteiger partial charge is 0.506 e. The smallest absolute Gasteiger partial charge is 0.145 e. The lowest BCUT2D eigenvalue weighted by molar-refractivity contribution is 0.441. The molecule has 1 aromatic rings. The van der Waals surface area contributed by atoms with Crippen LogP contribution in [-0.4, -0.2) is 5.11 Å². The van der Waals surface area contributed by atoms with E-state index in [1.54, 1.807) is 0 Å². The summed E-state index contributed by atoms with van der Waals surface area (Å²) in [6.45, 7) is 0. The van der Waals surface area contributed by atoms with Crippen LogP contribution >= 0.6 is 27.5 Å². The van der Waals surface area contributed by atoms with Crippen LogP contribution in [0.1, 0.15) is 24.4 Å². The average Bonchev–Trinajstić information content (AvgIpc) is 2.98. The summed E-state index contributed by atoms with van der Waals surface area (Å²) in [6.07, 6.45) is 1.95. The van der Waals surface area contributed by atoms with Gasteiger partial charge in [0.15, 0.2) is 0 Å². The third-order valence-electron chi connectivity index (χ3n) is 2.64. The van der Waals surface area contributed by atoms with Crippen molar-refractivity contribution >= 4 is 27.5 Å². The number of aromatic hydroxyl groups is 1. The Morgan fingerprint density at radius 3 is 2.73 bits per heavy atom. The fraction of sp³-hybridized carbons (Fsp3) is 0.400. The van der Waals surface area contributed by atoms with Crippen LogP contribution in [0.3, 0.4) is 0 Å². The summed E-state index contributed by atoms with van der Waals surface area (Å²) in [6, 6.07) is 0.856. The highest BCUT2D eigenvalue weighted by Crippen LogP contribution is 2.45. The molecule has 1 aromatic carbocycles. The van der Waals surface area contributed by atoms with Crippen molar-refractivity contribution in [2.45, 2.75) is 18.9 Å². The molecular formula is C10H10BrClFNO. The Kier molecular flexibility index (Phi) is 2.92. The molecule has 0 aromatic heterocycles. The van der Waals surface area contributed by atoms with Crippen molar-refractivity contribution in [2.75, 3.05) is 0 Å². The van der Waals surface area contributed by atoms with Crippen molar-refractivity contribution in [2.24, 2.45) is 11.7 Å². The Hall–Kier alpha value is -0.320. The molecule has 1 saturated carbocycles. The number of phenols is 1. The van der Waals surface area contributed by atoms with Crippen LogP contribution in [0.2, 0.25) is 5.02 Å². The van der Waals surface area contributed by atoms with E-state index < -0.39 is 11.9 Å². The monoisotopic (exact) mass is 293 g/mol. The van der Waals surface area contributed by atoms with E-state index in [1.165, 1.54) is 6.07 Å². The van der Waals surface area contributed by atoms with Gasteiger partial charge in [-0.05, 0) is 40.8 Å². The second-order valence-electron chi connectivity index (χ2n) is 3.78. The van der Waals surface area contributed by atoms with E-state index in [4.69, 9.17) is 17.3 Å². The Balaban J connectivity index is 2.52. The molecule has 0 aliphatic heterocycles. The molecule has 1 aliphatic rings. The van der Waals surface area contributed by atoms with Gasteiger partial charge in [-0.3, -0.25) is 0 Å². The molecule has 3 N–H and O–H groups in total. The lowest BCUT2D eigenvalue weighted by Gasteiger charge is -2.15. The standard InChI is InChI=1S/C10H10BrClFNO/c11-5-3-6(12)10(15)7(8(5)13)9(14)4-1-2-4/h3-4,9,15H,1-2,14H2. The number of nitrogens with two attached hydrogens (primary N) is 1. The average molecular weight is 295 g/mol. The SMILES string of the molecule is NC(c1c(O)c(Cl)cc(Br)c1F)C1CC1. The summed E-state index contributed by atoms with van der Waals surface area (Å²) < 4.78 is 14.0. The maximum atomic E-state index is 13.7. The predicted molar refractivity (Wildman–Crippen MR) is 60.4 cm³/mol. The van der Waals surface area contributed by atoms with Crippen LogP contribution in [-0.2, 0) is 0 Å². The molecule has 2 rings (SSSR count). The van der Waals surface area contributed by atoms with E-state index in [1.807, 2.05) is 0 Å². The minimum atomic E-state index is -0.517. The first-order valence-electron chi connectivity index (χ1n) is 4.64. The van der Waals surface area contributed by atoms with Crippen molar-refractivity contribution in [3.63, 3.8) is 0 Å². The van der Waals surface area contributed by atoms with E-state index in [9.17, 15) is 9.50 Å². The minimum Gasteiger partial charge on any atom is -0.506 e. The first-order chi connectivity index (χ1) is 7.02. The molecule has 0 bridgehead atoms. The molecule has 15 heavy (non-hydrogen) atoms. The lowest BCUT2D eigenvalue weighted by Crippen LogP contribution is -2.14. The van der Waals surface area contributed by atoms with Crippen LogP contribution < -0.4 is 5.73 Å². The van der Waals surface area contributed by atoms with E-state index in [2.05, 4.69) is 15.9 Å². The minimum absolute atomic E-state index is 0.120. The van der Waals surface area contributed by atoms with E-state index >= 15 is 0 Å². The molecule has 0 heterocycles. The van der Waals surface area contributed by atoms with Crippen molar-refractivity contribution in [1.82, 2.24) is 0 Å². The third-order valence-corrected chi connectivity index (χ3v) is 3.51. The topological polar surface area (TPSA) is 46.2 Å². The first kappa shape index (κ1) is 11.2. The summed E-state index contributed by atoms with van der Waals surface area (Å²) in [7, 11) is 0. The van der Waals surface area contributed by atoms with Crippen molar-refractivity contribution in [3.05, 3.63) is 26.9 Å². The number of halogens is 3. The van der Waals surface area contributed by atoms with E-state index in [0.717, 1.165) is 12.8 Å². The Bertz CT molecular complexity index is 383. The second kappa shape index (κ2) is 3.92. The summed E-state index contributed by atoms with van der Waals surface area (Å²) in [5, 5.41) is 9.80. The summed E-state index contributed by atoms with van der Waals surface area (Å²) >= 11 is 8.80. The Labute approximate surface area is 100 Å². The van der Waals surface area contributed by atoms with Gasteiger partial charge in [0, 0.05) is 11.6 Å². The fourth-order valence-electron chi connectivity index (χ4n) is 1.60.